The van der Waals surface area contributed by atoms with Crippen molar-refractivity contribution in [3.63, 3.8) is 0 Å². The monoisotopic (exact) mass is 349 g/mol. The molecular weight excluding hydrogens is 334 g/mol. The summed E-state index contributed by atoms with van der Waals surface area (Å²) in [4.78, 5) is 18.4. The van der Waals surface area contributed by atoms with Crippen LogP contribution >= 0.6 is 11.6 Å². The minimum Gasteiger partial charge on any atom is -0.463 e. The number of furan rings is 1. The first kappa shape index (κ1) is 16.5. The molecule has 1 aromatic carbocycles. The van der Waals surface area contributed by atoms with E-state index >= 15 is 0 Å². The summed E-state index contributed by atoms with van der Waals surface area (Å²) in [6.07, 6.45) is 1.23. The topological polar surface area (TPSA) is 81.6 Å². The highest BCUT2D eigenvalue weighted by Gasteiger charge is 2.20. The molecule has 0 saturated carbocycles. The summed E-state index contributed by atoms with van der Waals surface area (Å²) in [7, 11) is 3.22. The van der Waals surface area contributed by atoms with Crippen molar-refractivity contribution in [3.8, 4) is 0 Å². The molecule has 0 aliphatic heterocycles. The maximum Gasteiger partial charge on any atom is 0.254 e. The predicted octanol–water partition coefficient (Wildman–Crippen LogP) is 3.45. The number of carbonyl (C=O) groups is 1. The number of rotatable bonds is 5. The molecule has 0 saturated heterocycles. The lowest BCUT2D eigenvalue weighted by Crippen LogP contribution is -2.26. The number of carbonyl (C=O) groups excluding carboxylic acids is 1. The van der Waals surface area contributed by atoms with Gasteiger partial charge in [0.15, 0.2) is 11.4 Å². The second-order valence-corrected chi connectivity index (χ2v) is 5.75. The van der Waals surface area contributed by atoms with E-state index < -0.39 is 0 Å². The summed E-state index contributed by atoms with van der Waals surface area (Å²) < 4.78 is 15.6. The van der Waals surface area contributed by atoms with E-state index in [1.807, 2.05) is 6.92 Å². The molecule has 3 aromatic rings. The van der Waals surface area contributed by atoms with Crippen molar-refractivity contribution in [3.05, 3.63) is 46.8 Å². The highest BCUT2D eigenvalue weighted by atomic mass is 35.5. The van der Waals surface area contributed by atoms with E-state index in [1.54, 1.807) is 32.4 Å². The second kappa shape index (κ2) is 6.62. The average Bonchev–Trinajstić information content (AvgIpc) is 3.23. The van der Waals surface area contributed by atoms with Crippen LogP contribution < -0.4 is 0 Å². The van der Waals surface area contributed by atoms with Gasteiger partial charge in [-0.2, -0.15) is 4.98 Å². The molecule has 0 N–H and O–H groups in total. The molecule has 3 rings (SSSR count). The summed E-state index contributed by atoms with van der Waals surface area (Å²) in [6, 6.07) is 5.03. The molecule has 0 spiro atoms. The van der Waals surface area contributed by atoms with Crippen molar-refractivity contribution < 1.29 is 18.5 Å². The Morgan fingerprint density at radius 2 is 2.21 bits per heavy atom. The Bertz CT molecular complexity index is 873. The van der Waals surface area contributed by atoms with Crippen molar-refractivity contribution in [2.75, 3.05) is 14.2 Å². The summed E-state index contributed by atoms with van der Waals surface area (Å²) >= 11 is 6.07. The number of hydrogen-bond acceptors (Lipinski definition) is 6. The van der Waals surface area contributed by atoms with Crippen LogP contribution in [-0.2, 0) is 11.3 Å². The zero-order valence-corrected chi connectivity index (χ0v) is 14.2. The Hall–Kier alpha value is -2.38. The van der Waals surface area contributed by atoms with Gasteiger partial charge in [-0.1, -0.05) is 16.8 Å². The third kappa shape index (κ3) is 3.00. The molecule has 1 unspecified atom stereocenters. The van der Waals surface area contributed by atoms with Crippen LogP contribution in [-0.4, -0.2) is 35.1 Å². The Kier molecular flexibility index (Phi) is 4.55. The molecule has 24 heavy (non-hydrogen) atoms. The minimum absolute atomic E-state index is 0.185. The number of hydrogen-bond donors (Lipinski definition) is 0. The number of nitrogens with zero attached hydrogens (tertiary/aromatic N) is 3. The summed E-state index contributed by atoms with van der Waals surface area (Å²) in [6.45, 7) is 2.00. The first-order valence-corrected chi connectivity index (χ1v) is 7.65. The summed E-state index contributed by atoms with van der Waals surface area (Å²) in [5.41, 5.74) is 0.987. The molecule has 8 heteroatoms. The minimum atomic E-state index is -0.273. The van der Waals surface area contributed by atoms with Gasteiger partial charge >= 0.3 is 0 Å². The van der Waals surface area contributed by atoms with Crippen LogP contribution in [0.5, 0.6) is 0 Å². The average molecular weight is 350 g/mol. The number of fused-ring (bicyclic) bond motifs is 1. The number of aromatic nitrogens is 2. The van der Waals surface area contributed by atoms with Gasteiger partial charge in [0.2, 0.25) is 5.89 Å². The smallest absolute Gasteiger partial charge is 0.254 e. The normalized spacial score (nSPS) is 12.5. The lowest BCUT2D eigenvalue weighted by molar-refractivity contribution is 0.0771. The molecule has 1 atom stereocenters. The zero-order valence-electron chi connectivity index (χ0n) is 13.4. The number of amides is 1. The lowest BCUT2D eigenvalue weighted by Gasteiger charge is -2.15. The number of halogens is 1. The fraction of sp³-hybridized carbons (Fsp3) is 0.312. The van der Waals surface area contributed by atoms with E-state index in [9.17, 15) is 4.79 Å². The quantitative estimate of drug-likeness (QED) is 0.701. The van der Waals surface area contributed by atoms with Crippen molar-refractivity contribution in [2.24, 2.45) is 0 Å². The lowest BCUT2D eigenvalue weighted by atomic mass is 10.1. The first-order chi connectivity index (χ1) is 11.5. The molecule has 1 amide bonds. The van der Waals surface area contributed by atoms with E-state index in [4.69, 9.17) is 25.3 Å². The van der Waals surface area contributed by atoms with Gasteiger partial charge in [-0.25, -0.2) is 0 Å². The standard InChI is InChI=1S/C16H16ClN3O4/c1-9(22-3)15-18-13(24-19-15)8-20(2)16(21)11-4-5-12(17)14-10(11)6-7-23-14/h4-7,9H,8H2,1-3H3. The molecule has 7 nitrogen and oxygen atoms in total. The largest absolute Gasteiger partial charge is 0.463 e. The zero-order chi connectivity index (χ0) is 17.3. The molecule has 0 bridgehead atoms. The molecule has 2 heterocycles. The Morgan fingerprint density at radius 3 is 2.96 bits per heavy atom. The second-order valence-electron chi connectivity index (χ2n) is 5.34. The van der Waals surface area contributed by atoms with Gasteiger partial charge in [-0.15, -0.1) is 0 Å². The maximum atomic E-state index is 12.7. The third-order valence-corrected chi connectivity index (χ3v) is 4.02. The Labute approximate surface area is 143 Å². The molecule has 0 fully saturated rings. The van der Waals surface area contributed by atoms with Crippen LogP contribution in [0.4, 0.5) is 0 Å². The Morgan fingerprint density at radius 1 is 1.42 bits per heavy atom. The van der Waals surface area contributed by atoms with Gasteiger partial charge in [0.1, 0.15) is 6.10 Å². The van der Waals surface area contributed by atoms with Crippen molar-refractivity contribution in [1.29, 1.82) is 0 Å². The summed E-state index contributed by atoms with van der Waals surface area (Å²) in [5.74, 6) is 0.580. The van der Waals surface area contributed by atoms with Crippen LogP contribution in [0.1, 0.15) is 35.1 Å². The van der Waals surface area contributed by atoms with Crippen LogP contribution in [0.15, 0.2) is 33.4 Å². The van der Waals surface area contributed by atoms with E-state index in [0.29, 0.717) is 33.3 Å². The van der Waals surface area contributed by atoms with Crippen LogP contribution in [0.3, 0.4) is 0 Å². The predicted molar refractivity (Wildman–Crippen MR) is 86.7 cm³/mol. The van der Waals surface area contributed by atoms with Gasteiger partial charge in [-0.3, -0.25) is 4.79 Å². The van der Waals surface area contributed by atoms with E-state index in [0.717, 1.165) is 0 Å². The third-order valence-electron chi connectivity index (χ3n) is 3.72. The highest BCUT2D eigenvalue weighted by molar-refractivity contribution is 6.35. The molecule has 0 aliphatic carbocycles. The van der Waals surface area contributed by atoms with E-state index in [1.165, 1.54) is 11.2 Å². The van der Waals surface area contributed by atoms with Crippen molar-refractivity contribution in [1.82, 2.24) is 15.0 Å². The van der Waals surface area contributed by atoms with E-state index in [2.05, 4.69) is 10.1 Å². The molecular formula is C16H16ClN3O4. The van der Waals surface area contributed by atoms with Crippen LogP contribution in [0.2, 0.25) is 5.02 Å². The maximum absolute atomic E-state index is 12.7. The highest BCUT2D eigenvalue weighted by Crippen LogP contribution is 2.28. The van der Waals surface area contributed by atoms with E-state index in [-0.39, 0.29) is 18.6 Å². The van der Waals surface area contributed by atoms with Gasteiger partial charge in [0.25, 0.3) is 5.91 Å². The van der Waals surface area contributed by atoms with Crippen molar-refractivity contribution >= 4 is 28.5 Å². The fourth-order valence-corrected chi connectivity index (χ4v) is 2.51. The van der Waals surface area contributed by atoms with Gasteiger partial charge in [0.05, 0.1) is 23.4 Å². The summed E-state index contributed by atoms with van der Waals surface area (Å²) in [5, 5.41) is 4.97. The SMILES string of the molecule is COC(C)c1noc(CN(C)C(=O)c2ccc(Cl)c3occc23)n1. The van der Waals surface area contributed by atoms with Crippen molar-refractivity contribution in [2.45, 2.75) is 19.6 Å². The first-order valence-electron chi connectivity index (χ1n) is 7.27. The molecule has 0 aliphatic rings. The van der Waals surface area contributed by atoms with Gasteiger partial charge < -0.3 is 18.6 Å². The molecule has 2 aromatic heterocycles. The number of benzene rings is 1. The van der Waals surface area contributed by atoms with Crippen LogP contribution in [0, 0.1) is 0 Å². The number of ether oxygens (including phenoxy) is 1. The van der Waals surface area contributed by atoms with Crippen LogP contribution in [0.25, 0.3) is 11.0 Å². The van der Waals surface area contributed by atoms with Gasteiger partial charge in [0, 0.05) is 19.5 Å². The molecule has 0 radical (unpaired) electrons. The fourth-order valence-electron chi connectivity index (χ4n) is 2.30. The Balaban J connectivity index is 1.80. The molecule has 126 valence electrons. The van der Waals surface area contributed by atoms with Gasteiger partial charge in [-0.05, 0) is 25.1 Å². The number of methoxy groups -OCH3 is 1.